The SMILES string of the molecule is Cc1cccnc1[C@@H]1CCC[C@H](c2cn3c(N4CCNCC4)cccc3n2)N1C. The third kappa shape index (κ3) is 3.40. The zero-order chi connectivity index (χ0) is 19.8. The van der Waals surface area contributed by atoms with Gasteiger partial charge >= 0.3 is 0 Å². The molecule has 5 heterocycles. The van der Waals surface area contributed by atoms with E-state index >= 15 is 0 Å². The molecule has 5 rings (SSSR count). The molecule has 3 aromatic rings. The van der Waals surface area contributed by atoms with Gasteiger partial charge in [0.15, 0.2) is 0 Å². The molecule has 0 spiro atoms. The van der Waals surface area contributed by atoms with Crippen molar-refractivity contribution < 1.29 is 0 Å². The fourth-order valence-corrected chi connectivity index (χ4v) is 4.99. The first-order valence-electron chi connectivity index (χ1n) is 10.8. The number of likely N-dealkylation sites (tertiary alicyclic amines) is 1. The Bertz CT molecular complexity index is 990. The lowest BCUT2D eigenvalue weighted by Gasteiger charge is -2.39. The molecule has 6 nitrogen and oxygen atoms in total. The molecule has 29 heavy (non-hydrogen) atoms. The Morgan fingerprint density at radius 3 is 2.69 bits per heavy atom. The molecule has 0 aliphatic carbocycles. The van der Waals surface area contributed by atoms with E-state index in [0.717, 1.165) is 44.7 Å². The van der Waals surface area contributed by atoms with Crippen LogP contribution in [0.3, 0.4) is 0 Å². The quantitative estimate of drug-likeness (QED) is 0.743. The number of aromatic nitrogens is 3. The smallest absolute Gasteiger partial charge is 0.138 e. The molecule has 0 unspecified atom stereocenters. The lowest BCUT2D eigenvalue weighted by Crippen LogP contribution is -2.44. The van der Waals surface area contributed by atoms with Crippen LogP contribution in [0.1, 0.15) is 48.3 Å². The number of hydrogen-bond donors (Lipinski definition) is 1. The van der Waals surface area contributed by atoms with Gasteiger partial charge in [-0.25, -0.2) is 4.98 Å². The number of rotatable bonds is 3. The number of pyridine rings is 2. The van der Waals surface area contributed by atoms with Crippen molar-refractivity contribution in [2.24, 2.45) is 0 Å². The van der Waals surface area contributed by atoms with Gasteiger partial charge in [0, 0.05) is 38.6 Å². The van der Waals surface area contributed by atoms with Crippen LogP contribution in [0.2, 0.25) is 0 Å². The van der Waals surface area contributed by atoms with Gasteiger partial charge in [-0.2, -0.15) is 0 Å². The van der Waals surface area contributed by atoms with Gasteiger partial charge in [0.2, 0.25) is 0 Å². The predicted molar refractivity (Wildman–Crippen MR) is 116 cm³/mol. The topological polar surface area (TPSA) is 48.7 Å². The second-order valence-corrected chi connectivity index (χ2v) is 8.35. The maximum atomic E-state index is 5.05. The summed E-state index contributed by atoms with van der Waals surface area (Å²) in [6.45, 7) is 6.32. The summed E-state index contributed by atoms with van der Waals surface area (Å²) >= 11 is 0. The van der Waals surface area contributed by atoms with Crippen LogP contribution in [0.4, 0.5) is 5.82 Å². The fraction of sp³-hybridized carbons (Fsp3) is 0.478. The third-order valence-electron chi connectivity index (χ3n) is 6.58. The highest BCUT2D eigenvalue weighted by atomic mass is 15.3. The summed E-state index contributed by atoms with van der Waals surface area (Å²) in [5, 5.41) is 3.44. The van der Waals surface area contributed by atoms with Gasteiger partial charge in [0.05, 0.1) is 23.5 Å². The highest BCUT2D eigenvalue weighted by molar-refractivity contribution is 5.53. The summed E-state index contributed by atoms with van der Waals surface area (Å²) in [6.07, 6.45) is 7.69. The Labute approximate surface area is 172 Å². The van der Waals surface area contributed by atoms with Crippen molar-refractivity contribution in [2.75, 3.05) is 38.1 Å². The first kappa shape index (κ1) is 18.6. The molecule has 2 fully saturated rings. The summed E-state index contributed by atoms with van der Waals surface area (Å²) in [5.74, 6) is 1.25. The van der Waals surface area contributed by atoms with Crippen LogP contribution in [0.15, 0.2) is 42.7 Å². The second kappa shape index (κ2) is 7.76. The van der Waals surface area contributed by atoms with E-state index < -0.39 is 0 Å². The minimum Gasteiger partial charge on any atom is -0.355 e. The average molecular weight is 391 g/mol. The molecule has 1 N–H and O–H groups in total. The molecule has 2 atom stereocenters. The summed E-state index contributed by atoms with van der Waals surface area (Å²) in [6, 6.07) is 11.3. The van der Waals surface area contributed by atoms with E-state index in [2.05, 4.69) is 64.0 Å². The minimum atomic E-state index is 0.325. The van der Waals surface area contributed by atoms with Gasteiger partial charge in [-0.1, -0.05) is 12.1 Å². The zero-order valence-electron chi connectivity index (χ0n) is 17.4. The molecule has 0 radical (unpaired) electrons. The first-order chi connectivity index (χ1) is 14.2. The van der Waals surface area contributed by atoms with E-state index in [4.69, 9.17) is 9.97 Å². The van der Waals surface area contributed by atoms with Crippen molar-refractivity contribution in [3.63, 3.8) is 0 Å². The van der Waals surface area contributed by atoms with E-state index in [-0.39, 0.29) is 0 Å². The summed E-state index contributed by atoms with van der Waals surface area (Å²) in [5.41, 5.74) is 4.71. The Hall–Kier alpha value is -2.44. The van der Waals surface area contributed by atoms with Gasteiger partial charge in [-0.15, -0.1) is 0 Å². The summed E-state index contributed by atoms with van der Waals surface area (Å²) in [4.78, 5) is 14.7. The van der Waals surface area contributed by atoms with Crippen LogP contribution in [0.5, 0.6) is 0 Å². The van der Waals surface area contributed by atoms with Gasteiger partial charge in [-0.05, 0) is 57.0 Å². The molecular weight excluding hydrogens is 360 g/mol. The molecule has 152 valence electrons. The molecular formula is C23H30N6. The molecule has 0 amide bonds. The van der Waals surface area contributed by atoms with E-state index in [9.17, 15) is 0 Å². The molecule has 0 bridgehead atoms. The predicted octanol–water partition coefficient (Wildman–Crippen LogP) is 3.35. The van der Waals surface area contributed by atoms with Crippen LogP contribution in [-0.2, 0) is 0 Å². The van der Waals surface area contributed by atoms with Crippen LogP contribution in [0, 0.1) is 6.92 Å². The van der Waals surface area contributed by atoms with E-state index in [1.165, 1.54) is 29.2 Å². The second-order valence-electron chi connectivity index (χ2n) is 8.35. The van der Waals surface area contributed by atoms with E-state index in [0.29, 0.717) is 12.1 Å². The molecule has 0 aromatic carbocycles. The lowest BCUT2D eigenvalue weighted by molar-refractivity contribution is 0.109. The molecule has 6 heteroatoms. The highest BCUT2D eigenvalue weighted by Crippen LogP contribution is 2.40. The highest BCUT2D eigenvalue weighted by Gasteiger charge is 2.32. The molecule has 2 saturated heterocycles. The molecule has 2 aliphatic heterocycles. The van der Waals surface area contributed by atoms with Crippen LogP contribution in [-0.4, -0.2) is 52.5 Å². The van der Waals surface area contributed by atoms with Crippen molar-refractivity contribution in [1.82, 2.24) is 24.6 Å². The third-order valence-corrected chi connectivity index (χ3v) is 6.58. The van der Waals surface area contributed by atoms with Gasteiger partial charge in [-0.3, -0.25) is 14.3 Å². The molecule has 2 aliphatic rings. The normalized spacial score (nSPS) is 23.6. The Kier molecular flexibility index (Phi) is 4.97. The van der Waals surface area contributed by atoms with E-state index in [1.807, 2.05) is 12.3 Å². The van der Waals surface area contributed by atoms with Crippen molar-refractivity contribution in [3.8, 4) is 0 Å². The number of anilines is 1. The Morgan fingerprint density at radius 2 is 1.86 bits per heavy atom. The summed E-state index contributed by atoms with van der Waals surface area (Å²) < 4.78 is 2.28. The number of nitrogens with zero attached hydrogens (tertiary/aromatic N) is 5. The number of aryl methyl sites for hydroxylation is 1. The van der Waals surface area contributed by atoms with Crippen molar-refractivity contribution in [2.45, 2.75) is 38.3 Å². The fourth-order valence-electron chi connectivity index (χ4n) is 4.99. The van der Waals surface area contributed by atoms with Crippen molar-refractivity contribution in [3.05, 3.63) is 59.7 Å². The van der Waals surface area contributed by atoms with Crippen LogP contribution >= 0.6 is 0 Å². The molecule has 0 saturated carbocycles. The number of fused-ring (bicyclic) bond motifs is 1. The largest absolute Gasteiger partial charge is 0.355 e. The molecule has 3 aromatic heterocycles. The van der Waals surface area contributed by atoms with Crippen molar-refractivity contribution >= 4 is 11.5 Å². The maximum absolute atomic E-state index is 5.05. The average Bonchev–Trinajstić information content (AvgIpc) is 3.19. The van der Waals surface area contributed by atoms with Crippen LogP contribution in [0.25, 0.3) is 5.65 Å². The number of hydrogen-bond acceptors (Lipinski definition) is 5. The van der Waals surface area contributed by atoms with Crippen LogP contribution < -0.4 is 10.2 Å². The number of piperidine rings is 1. The Balaban J connectivity index is 1.48. The summed E-state index contributed by atoms with van der Waals surface area (Å²) in [7, 11) is 2.24. The van der Waals surface area contributed by atoms with E-state index in [1.54, 1.807) is 0 Å². The van der Waals surface area contributed by atoms with Gasteiger partial charge < -0.3 is 10.2 Å². The zero-order valence-corrected chi connectivity index (χ0v) is 17.4. The standard InChI is InChI=1S/C23H30N6/c1-17-6-5-11-25-23(17)20-8-3-7-19(27(20)2)18-16-29-21(26-18)9-4-10-22(29)28-14-12-24-13-15-28/h4-6,9-11,16,19-20,24H,3,7-8,12-15H2,1-2H3/t19-,20+/m1/s1. The monoisotopic (exact) mass is 390 g/mol. The van der Waals surface area contributed by atoms with Gasteiger partial charge in [0.25, 0.3) is 0 Å². The minimum absolute atomic E-state index is 0.325. The van der Waals surface area contributed by atoms with Gasteiger partial charge in [0.1, 0.15) is 11.5 Å². The lowest BCUT2D eigenvalue weighted by atomic mass is 9.91. The number of nitrogens with one attached hydrogen (secondary N) is 1. The Morgan fingerprint density at radius 1 is 1.03 bits per heavy atom. The van der Waals surface area contributed by atoms with Crippen molar-refractivity contribution in [1.29, 1.82) is 0 Å². The first-order valence-corrected chi connectivity index (χ1v) is 10.8. The number of imidazole rings is 1. The number of piperazine rings is 1. The maximum Gasteiger partial charge on any atom is 0.138 e.